The van der Waals surface area contributed by atoms with Gasteiger partial charge in [0.1, 0.15) is 6.61 Å². The first-order chi connectivity index (χ1) is 8.02. The van der Waals surface area contributed by atoms with Gasteiger partial charge in [-0.3, -0.25) is 4.18 Å². The first-order valence-corrected chi connectivity index (χ1v) is 8.28. The van der Waals surface area contributed by atoms with E-state index in [0.717, 1.165) is 19.3 Å². The molecule has 0 aromatic heterocycles. The lowest BCUT2D eigenvalue weighted by Gasteiger charge is -2.13. The van der Waals surface area contributed by atoms with Gasteiger partial charge in [-0.25, -0.2) is 0 Å². The van der Waals surface area contributed by atoms with Crippen LogP contribution >= 0.6 is 34.8 Å². The van der Waals surface area contributed by atoms with E-state index in [9.17, 15) is 8.42 Å². The molecule has 0 bridgehead atoms. The Kier molecular flexibility index (Phi) is 5.24. The summed E-state index contributed by atoms with van der Waals surface area (Å²) in [4.78, 5) is 0. The molecule has 0 saturated carbocycles. The SMILES string of the molecule is CCCCC1N(S(=O)(=O)OCC(Cl)(Cl)Cl)C1(C)C. The summed E-state index contributed by atoms with van der Waals surface area (Å²) in [6, 6.07) is -0.0298. The zero-order valence-electron chi connectivity index (χ0n) is 10.6. The molecule has 0 spiro atoms. The van der Waals surface area contributed by atoms with Gasteiger partial charge in [-0.2, -0.15) is 12.7 Å². The van der Waals surface area contributed by atoms with Crippen LogP contribution in [0.4, 0.5) is 0 Å². The summed E-state index contributed by atoms with van der Waals surface area (Å²) < 4.78 is 28.3. The fourth-order valence-corrected chi connectivity index (χ4v) is 4.16. The molecule has 2 atom stereocenters. The number of halogens is 3. The van der Waals surface area contributed by atoms with E-state index >= 15 is 0 Å². The molecule has 0 N–H and O–H groups in total. The molecule has 4 nitrogen and oxygen atoms in total. The second kappa shape index (κ2) is 5.62. The van der Waals surface area contributed by atoms with Gasteiger partial charge in [0.15, 0.2) is 0 Å². The molecule has 108 valence electrons. The van der Waals surface area contributed by atoms with Crippen molar-refractivity contribution in [2.45, 2.75) is 55.4 Å². The largest absolute Gasteiger partial charge is 0.339 e. The molecule has 2 unspecified atom stereocenters. The Hall–Kier alpha value is 0.740. The van der Waals surface area contributed by atoms with Gasteiger partial charge in [-0.05, 0) is 20.3 Å². The van der Waals surface area contributed by atoms with Crippen LogP contribution in [0.3, 0.4) is 0 Å². The minimum absolute atomic E-state index is 0.0298. The summed E-state index contributed by atoms with van der Waals surface area (Å²) in [7, 11) is -3.83. The molecule has 1 rings (SSSR count). The zero-order chi connectivity index (χ0) is 14.2. The van der Waals surface area contributed by atoms with Crippen molar-refractivity contribution < 1.29 is 12.6 Å². The lowest BCUT2D eigenvalue weighted by molar-refractivity contribution is 0.298. The van der Waals surface area contributed by atoms with Crippen molar-refractivity contribution in [3.63, 3.8) is 0 Å². The van der Waals surface area contributed by atoms with Crippen molar-refractivity contribution in [2.24, 2.45) is 0 Å². The summed E-state index contributed by atoms with van der Waals surface area (Å²) in [5.74, 6) is 0. The van der Waals surface area contributed by atoms with Gasteiger partial charge in [0.25, 0.3) is 0 Å². The van der Waals surface area contributed by atoms with Crippen LogP contribution < -0.4 is 0 Å². The number of unbranched alkanes of at least 4 members (excludes halogenated alkanes) is 1. The fourth-order valence-electron chi connectivity index (χ4n) is 2.04. The quantitative estimate of drug-likeness (QED) is 0.551. The van der Waals surface area contributed by atoms with Crippen LogP contribution in [0.2, 0.25) is 0 Å². The van der Waals surface area contributed by atoms with Crippen molar-refractivity contribution in [3.05, 3.63) is 0 Å². The van der Waals surface area contributed by atoms with E-state index in [-0.39, 0.29) is 6.04 Å². The van der Waals surface area contributed by atoms with Crippen LogP contribution in [0.25, 0.3) is 0 Å². The molecule has 0 amide bonds. The van der Waals surface area contributed by atoms with E-state index in [1.807, 2.05) is 13.8 Å². The third kappa shape index (κ3) is 4.12. The normalized spacial score (nSPS) is 27.2. The fraction of sp³-hybridized carbons (Fsp3) is 1.00. The number of hydrogen-bond donors (Lipinski definition) is 0. The Morgan fingerprint density at radius 1 is 1.33 bits per heavy atom. The smallest absolute Gasteiger partial charge is 0.253 e. The highest BCUT2D eigenvalue weighted by Crippen LogP contribution is 2.46. The van der Waals surface area contributed by atoms with Crippen LogP contribution in [0.15, 0.2) is 0 Å². The lowest BCUT2D eigenvalue weighted by Crippen LogP contribution is -2.25. The molecule has 1 fully saturated rings. The van der Waals surface area contributed by atoms with Crippen LogP contribution in [0.5, 0.6) is 0 Å². The topological polar surface area (TPSA) is 46.4 Å². The van der Waals surface area contributed by atoms with Gasteiger partial charge in [-0.1, -0.05) is 54.6 Å². The van der Waals surface area contributed by atoms with E-state index in [4.69, 9.17) is 39.0 Å². The molecular formula is C10H18Cl3NO3S. The third-order valence-corrected chi connectivity index (χ3v) is 4.99. The Morgan fingerprint density at radius 3 is 2.33 bits per heavy atom. The monoisotopic (exact) mass is 337 g/mol. The summed E-state index contributed by atoms with van der Waals surface area (Å²) >= 11 is 16.4. The van der Waals surface area contributed by atoms with Gasteiger partial charge in [-0.15, -0.1) is 0 Å². The molecular weight excluding hydrogens is 321 g/mol. The Bertz CT molecular complexity index is 392. The van der Waals surface area contributed by atoms with E-state index < -0.39 is 26.2 Å². The van der Waals surface area contributed by atoms with E-state index in [1.165, 1.54) is 4.31 Å². The molecule has 0 aromatic rings. The Labute approximate surface area is 124 Å². The average Bonchev–Trinajstić information content (AvgIpc) is 2.75. The minimum atomic E-state index is -3.83. The van der Waals surface area contributed by atoms with Crippen LogP contribution in [0.1, 0.15) is 40.0 Å². The molecule has 1 heterocycles. The van der Waals surface area contributed by atoms with Gasteiger partial charge < -0.3 is 0 Å². The lowest BCUT2D eigenvalue weighted by atomic mass is 10.1. The number of alkyl halides is 3. The van der Waals surface area contributed by atoms with Crippen molar-refractivity contribution in [3.8, 4) is 0 Å². The first-order valence-electron chi connectivity index (χ1n) is 5.78. The van der Waals surface area contributed by atoms with Gasteiger partial charge in [0, 0.05) is 11.6 Å². The summed E-state index contributed by atoms with van der Waals surface area (Å²) in [6.07, 6.45) is 2.82. The molecule has 0 radical (unpaired) electrons. The zero-order valence-corrected chi connectivity index (χ0v) is 13.7. The molecule has 0 aromatic carbocycles. The van der Waals surface area contributed by atoms with Crippen molar-refractivity contribution >= 4 is 45.1 Å². The highest BCUT2D eigenvalue weighted by molar-refractivity contribution is 7.84. The first kappa shape index (κ1) is 16.8. The second-order valence-corrected chi connectivity index (χ2v) is 8.94. The predicted molar refractivity (Wildman–Crippen MR) is 74.4 cm³/mol. The predicted octanol–water partition coefficient (Wildman–Crippen LogP) is 3.27. The maximum Gasteiger partial charge on any atom is 0.339 e. The van der Waals surface area contributed by atoms with Crippen LogP contribution in [-0.4, -0.2) is 34.7 Å². The van der Waals surface area contributed by atoms with Crippen LogP contribution in [-0.2, 0) is 14.5 Å². The van der Waals surface area contributed by atoms with E-state index in [1.54, 1.807) is 0 Å². The number of nitrogens with zero attached hydrogens (tertiary/aromatic N) is 1. The molecule has 1 aliphatic rings. The summed E-state index contributed by atoms with van der Waals surface area (Å²) in [6.45, 7) is 5.31. The van der Waals surface area contributed by atoms with E-state index in [2.05, 4.69) is 6.92 Å². The van der Waals surface area contributed by atoms with Crippen molar-refractivity contribution in [1.82, 2.24) is 4.31 Å². The Balaban J connectivity index is 2.64. The van der Waals surface area contributed by atoms with Gasteiger partial charge in [0.2, 0.25) is 3.79 Å². The summed E-state index contributed by atoms with van der Waals surface area (Å²) in [5, 5.41) is 0. The second-order valence-electron chi connectivity index (χ2n) is 4.94. The average molecular weight is 339 g/mol. The van der Waals surface area contributed by atoms with Crippen LogP contribution in [0, 0.1) is 0 Å². The molecule has 18 heavy (non-hydrogen) atoms. The summed E-state index contributed by atoms with van der Waals surface area (Å²) in [5.41, 5.74) is -0.415. The van der Waals surface area contributed by atoms with Crippen molar-refractivity contribution in [1.29, 1.82) is 0 Å². The molecule has 0 aliphatic carbocycles. The molecule has 8 heteroatoms. The maximum absolute atomic E-state index is 12.0. The molecule has 1 aliphatic heterocycles. The number of rotatable bonds is 6. The highest BCUT2D eigenvalue weighted by atomic mass is 35.6. The Morgan fingerprint density at radius 2 is 1.89 bits per heavy atom. The standard InChI is InChI=1S/C10H18Cl3NO3S/c1-4-5-6-8-9(2,3)14(8)18(15,16)17-7-10(11,12)13/h8H,4-7H2,1-3H3. The van der Waals surface area contributed by atoms with Gasteiger partial charge >= 0.3 is 10.3 Å². The number of hydrogen-bond acceptors (Lipinski definition) is 3. The van der Waals surface area contributed by atoms with Gasteiger partial charge in [0.05, 0.1) is 0 Å². The van der Waals surface area contributed by atoms with Crippen molar-refractivity contribution in [2.75, 3.05) is 6.61 Å². The third-order valence-electron chi connectivity index (χ3n) is 3.04. The molecule has 1 saturated heterocycles. The minimum Gasteiger partial charge on any atom is -0.253 e. The van der Waals surface area contributed by atoms with E-state index in [0.29, 0.717) is 0 Å². The highest BCUT2D eigenvalue weighted by Gasteiger charge is 2.62. The maximum atomic E-state index is 12.0.